The average Bonchev–Trinajstić information content (AvgIpc) is 2.62. The molecule has 0 aliphatic carbocycles. The third-order valence-electron chi connectivity index (χ3n) is 4.73. The Labute approximate surface area is 171 Å². The highest BCUT2D eigenvalue weighted by Gasteiger charge is 2.21. The van der Waals surface area contributed by atoms with Gasteiger partial charge in [0.2, 0.25) is 0 Å². The molecule has 1 aliphatic rings. The fourth-order valence-electron chi connectivity index (χ4n) is 3.23. The van der Waals surface area contributed by atoms with Gasteiger partial charge in [0.15, 0.2) is 0 Å². The molecule has 1 fully saturated rings. The van der Waals surface area contributed by atoms with E-state index < -0.39 is 0 Å². The third-order valence-corrected chi connectivity index (χ3v) is 5.78. The molecule has 3 rings (SSSR count). The SMILES string of the molecule is COc1c(Br)cc(Br)cc1C(=O)Nc1ccccc1N1CCC(C)CC1. The molecule has 26 heavy (non-hydrogen) atoms. The first kappa shape index (κ1) is 19.2. The fraction of sp³-hybridized carbons (Fsp3) is 0.350. The molecule has 0 unspecified atom stereocenters. The van der Waals surface area contributed by atoms with E-state index in [0.29, 0.717) is 11.3 Å². The van der Waals surface area contributed by atoms with Gasteiger partial charge < -0.3 is 15.0 Å². The van der Waals surface area contributed by atoms with Crippen LogP contribution in [-0.2, 0) is 0 Å². The number of hydrogen-bond donors (Lipinski definition) is 1. The van der Waals surface area contributed by atoms with Gasteiger partial charge in [0.05, 0.1) is 28.5 Å². The lowest BCUT2D eigenvalue weighted by atomic mass is 9.98. The van der Waals surface area contributed by atoms with Crippen molar-refractivity contribution in [2.24, 2.45) is 5.92 Å². The normalized spacial score (nSPS) is 15.0. The number of benzene rings is 2. The Morgan fingerprint density at radius 3 is 2.58 bits per heavy atom. The smallest absolute Gasteiger partial charge is 0.259 e. The Bertz CT molecular complexity index is 802. The first-order valence-corrected chi connectivity index (χ1v) is 10.3. The predicted molar refractivity (Wildman–Crippen MR) is 113 cm³/mol. The zero-order chi connectivity index (χ0) is 18.7. The predicted octanol–water partition coefficient (Wildman–Crippen LogP) is 5.71. The van der Waals surface area contributed by atoms with Gasteiger partial charge in [-0.15, -0.1) is 0 Å². The lowest BCUT2D eigenvalue weighted by Gasteiger charge is -2.33. The zero-order valence-corrected chi connectivity index (χ0v) is 18.1. The van der Waals surface area contributed by atoms with Crippen LogP contribution in [0.2, 0.25) is 0 Å². The van der Waals surface area contributed by atoms with Crippen molar-refractivity contribution in [2.75, 3.05) is 30.4 Å². The number of nitrogens with zero attached hydrogens (tertiary/aromatic N) is 1. The van der Waals surface area contributed by atoms with E-state index in [1.807, 2.05) is 24.3 Å². The van der Waals surface area contributed by atoms with Gasteiger partial charge in [0, 0.05) is 17.6 Å². The van der Waals surface area contributed by atoms with Crippen LogP contribution in [0.5, 0.6) is 5.75 Å². The van der Waals surface area contributed by atoms with Crippen molar-refractivity contribution in [3.05, 3.63) is 50.9 Å². The minimum Gasteiger partial charge on any atom is -0.495 e. The van der Waals surface area contributed by atoms with Crippen LogP contribution in [0.1, 0.15) is 30.1 Å². The first-order valence-electron chi connectivity index (χ1n) is 8.68. The number of halogens is 2. The van der Waals surface area contributed by atoms with Crippen molar-refractivity contribution in [3.8, 4) is 5.75 Å². The van der Waals surface area contributed by atoms with Crippen molar-refractivity contribution in [1.29, 1.82) is 0 Å². The highest BCUT2D eigenvalue weighted by molar-refractivity contribution is 9.11. The van der Waals surface area contributed by atoms with Crippen LogP contribution >= 0.6 is 31.9 Å². The van der Waals surface area contributed by atoms with E-state index in [2.05, 4.69) is 55.1 Å². The summed E-state index contributed by atoms with van der Waals surface area (Å²) in [4.78, 5) is 15.3. The van der Waals surface area contributed by atoms with Crippen LogP contribution < -0.4 is 15.0 Å². The van der Waals surface area contributed by atoms with Gasteiger partial charge in [-0.05, 0) is 59.0 Å². The maximum atomic E-state index is 12.9. The number of amides is 1. The highest BCUT2D eigenvalue weighted by atomic mass is 79.9. The molecule has 0 spiro atoms. The zero-order valence-electron chi connectivity index (χ0n) is 14.9. The highest BCUT2D eigenvalue weighted by Crippen LogP contribution is 2.34. The molecular weight excluding hydrogens is 460 g/mol. The minimum atomic E-state index is -0.193. The molecule has 0 radical (unpaired) electrons. The van der Waals surface area contributed by atoms with Crippen LogP contribution in [-0.4, -0.2) is 26.1 Å². The molecule has 1 aliphatic heterocycles. The van der Waals surface area contributed by atoms with E-state index >= 15 is 0 Å². The Morgan fingerprint density at radius 2 is 1.88 bits per heavy atom. The number of nitrogens with one attached hydrogen (secondary N) is 1. The summed E-state index contributed by atoms with van der Waals surface area (Å²) >= 11 is 6.89. The number of ether oxygens (including phenoxy) is 1. The summed E-state index contributed by atoms with van der Waals surface area (Å²) in [6.45, 7) is 4.32. The van der Waals surface area contributed by atoms with Crippen LogP contribution in [0.4, 0.5) is 11.4 Å². The number of carbonyl (C=O) groups excluding carboxylic acids is 1. The minimum absolute atomic E-state index is 0.193. The monoisotopic (exact) mass is 480 g/mol. The molecular formula is C20H22Br2N2O2. The molecule has 6 heteroatoms. The maximum absolute atomic E-state index is 12.9. The number of para-hydroxylation sites is 2. The molecule has 1 saturated heterocycles. The second-order valence-corrected chi connectivity index (χ2v) is 8.38. The summed E-state index contributed by atoms with van der Waals surface area (Å²) in [6.07, 6.45) is 2.35. The van der Waals surface area contributed by atoms with E-state index in [1.54, 1.807) is 13.2 Å². The van der Waals surface area contributed by atoms with E-state index in [9.17, 15) is 4.79 Å². The van der Waals surface area contributed by atoms with Gasteiger partial charge in [-0.2, -0.15) is 0 Å². The Morgan fingerprint density at radius 1 is 1.19 bits per heavy atom. The second-order valence-electron chi connectivity index (χ2n) is 6.61. The van der Waals surface area contributed by atoms with E-state index in [-0.39, 0.29) is 5.91 Å². The quantitative estimate of drug-likeness (QED) is 0.608. The Balaban J connectivity index is 1.87. The Hall–Kier alpha value is -1.53. The van der Waals surface area contributed by atoms with Crippen LogP contribution in [0, 0.1) is 5.92 Å². The maximum Gasteiger partial charge on any atom is 0.259 e. The van der Waals surface area contributed by atoms with E-state index in [1.165, 1.54) is 12.8 Å². The molecule has 1 heterocycles. The number of carbonyl (C=O) groups is 1. The van der Waals surface area contributed by atoms with Gasteiger partial charge in [0.1, 0.15) is 5.75 Å². The average molecular weight is 482 g/mol. The first-order chi connectivity index (χ1) is 12.5. The standard InChI is InChI=1S/C20H22Br2N2O2/c1-13-7-9-24(10-8-13)18-6-4-3-5-17(18)23-20(25)15-11-14(21)12-16(22)19(15)26-2/h3-6,11-13H,7-10H2,1-2H3,(H,23,25). The van der Waals surface area contributed by atoms with Crippen molar-refractivity contribution < 1.29 is 9.53 Å². The molecule has 138 valence electrons. The summed E-state index contributed by atoms with van der Waals surface area (Å²) < 4.78 is 6.96. The van der Waals surface area contributed by atoms with Gasteiger partial charge in [-0.25, -0.2) is 0 Å². The van der Waals surface area contributed by atoms with E-state index in [4.69, 9.17) is 4.74 Å². The van der Waals surface area contributed by atoms with Crippen LogP contribution in [0.15, 0.2) is 45.3 Å². The lowest BCUT2D eigenvalue weighted by Crippen LogP contribution is -2.33. The summed E-state index contributed by atoms with van der Waals surface area (Å²) in [5.74, 6) is 1.09. The van der Waals surface area contributed by atoms with Crippen molar-refractivity contribution >= 4 is 49.1 Å². The van der Waals surface area contributed by atoms with Gasteiger partial charge >= 0.3 is 0 Å². The molecule has 0 bridgehead atoms. The number of methoxy groups -OCH3 is 1. The van der Waals surface area contributed by atoms with E-state index in [0.717, 1.165) is 39.3 Å². The molecule has 0 atom stereocenters. The summed E-state index contributed by atoms with van der Waals surface area (Å²) in [7, 11) is 1.56. The number of piperidine rings is 1. The topological polar surface area (TPSA) is 41.6 Å². The fourth-order valence-corrected chi connectivity index (χ4v) is 4.62. The molecule has 1 N–H and O–H groups in total. The van der Waals surface area contributed by atoms with Crippen LogP contribution in [0.25, 0.3) is 0 Å². The number of anilines is 2. The number of hydrogen-bond acceptors (Lipinski definition) is 3. The molecule has 2 aromatic rings. The molecule has 2 aromatic carbocycles. The summed E-state index contributed by atoms with van der Waals surface area (Å²) in [5, 5.41) is 3.06. The molecule has 0 saturated carbocycles. The third kappa shape index (κ3) is 4.23. The summed E-state index contributed by atoms with van der Waals surface area (Å²) in [5.41, 5.74) is 2.38. The van der Waals surface area contributed by atoms with Crippen molar-refractivity contribution in [3.63, 3.8) is 0 Å². The van der Waals surface area contributed by atoms with Crippen molar-refractivity contribution in [1.82, 2.24) is 0 Å². The summed E-state index contributed by atoms with van der Waals surface area (Å²) in [6, 6.07) is 11.6. The van der Waals surface area contributed by atoms with Gasteiger partial charge in [0.25, 0.3) is 5.91 Å². The largest absolute Gasteiger partial charge is 0.495 e. The molecule has 0 aromatic heterocycles. The lowest BCUT2D eigenvalue weighted by molar-refractivity contribution is 0.102. The molecule has 4 nitrogen and oxygen atoms in total. The Kier molecular flexibility index (Phi) is 6.24. The van der Waals surface area contributed by atoms with Crippen LogP contribution in [0.3, 0.4) is 0 Å². The van der Waals surface area contributed by atoms with Gasteiger partial charge in [-0.3, -0.25) is 4.79 Å². The number of rotatable bonds is 4. The second kappa shape index (κ2) is 8.44. The van der Waals surface area contributed by atoms with Crippen molar-refractivity contribution in [2.45, 2.75) is 19.8 Å². The van der Waals surface area contributed by atoms with Gasteiger partial charge in [-0.1, -0.05) is 35.0 Å². The molecule has 1 amide bonds.